The Morgan fingerprint density at radius 1 is 1.64 bits per heavy atom. The second-order valence-electron chi connectivity index (χ2n) is 2.69. The van der Waals surface area contributed by atoms with Crippen LogP contribution in [0.4, 0.5) is 0 Å². The van der Waals surface area contributed by atoms with Gasteiger partial charge in [-0.2, -0.15) is 5.10 Å². The van der Waals surface area contributed by atoms with Crippen LogP contribution in [-0.2, 0) is 6.54 Å². The van der Waals surface area contributed by atoms with Crippen molar-refractivity contribution in [3.8, 4) is 0 Å². The fraction of sp³-hybridized carbons (Fsp3) is 0.125. The molecule has 2 aromatic heterocycles. The van der Waals surface area contributed by atoms with Crippen LogP contribution < -0.4 is 0 Å². The number of hydrogen-bond acceptors (Lipinski definition) is 4. The molecular weight excluding hydrogens is 186 g/mol. The molecule has 2 heterocycles. The van der Waals surface area contributed by atoms with Gasteiger partial charge in [0, 0.05) is 18.5 Å². The molecule has 0 bridgehead atoms. The summed E-state index contributed by atoms with van der Waals surface area (Å²) in [7, 11) is 0. The van der Waals surface area contributed by atoms with Crippen LogP contribution in [0.5, 0.6) is 0 Å². The van der Waals surface area contributed by atoms with Gasteiger partial charge in [-0.25, -0.2) is 4.79 Å². The summed E-state index contributed by atoms with van der Waals surface area (Å²) < 4.78 is 6.42. The fourth-order valence-electron chi connectivity index (χ4n) is 1.04. The number of carbonyl (C=O) groups is 1. The molecule has 6 nitrogen and oxygen atoms in total. The first-order valence-electron chi connectivity index (χ1n) is 3.92. The van der Waals surface area contributed by atoms with E-state index >= 15 is 0 Å². The van der Waals surface area contributed by atoms with Gasteiger partial charge in [-0.15, -0.1) is 0 Å². The first kappa shape index (κ1) is 8.49. The smallest absolute Gasteiger partial charge is 0.358 e. The second kappa shape index (κ2) is 3.33. The van der Waals surface area contributed by atoms with Gasteiger partial charge in [-0.3, -0.25) is 4.68 Å². The summed E-state index contributed by atoms with van der Waals surface area (Å²) in [6, 6.07) is 3.15. The number of aromatic carboxylic acids is 1. The summed E-state index contributed by atoms with van der Waals surface area (Å²) in [6.07, 6.45) is 3.39. The van der Waals surface area contributed by atoms with Crippen LogP contribution in [0.25, 0.3) is 0 Å². The zero-order valence-electron chi connectivity index (χ0n) is 7.12. The Morgan fingerprint density at radius 2 is 2.50 bits per heavy atom. The third-order valence-corrected chi connectivity index (χ3v) is 1.66. The number of carboxylic acid groups (broad SMARTS) is 1. The van der Waals surface area contributed by atoms with Gasteiger partial charge in [0.15, 0.2) is 11.5 Å². The van der Waals surface area contributed by atoms with Gasteiger partial charge in [-0.05, 0) is 6.07 Å². The lowest BCUT2D eigenvalue weighted by atomic mass is 10.3. The molecule has 0 atom stereocenters. The van der Waals surface area contributed by atoms with Gasteiger partial charge in [-0.1, -0.05) is 5.16 Å². The normalized spacial score (nSPS) is 10.3. The van der Waals surface area contributed by atoms with E-state index in [0.717, 1.165) is 0 Å². The van der Waals surface area contributed by atoms with Crippen LogP contribution in [0.3, 0.4) is 0 Å². The molecule has 0 aromatic carbocycles. The molecule has 0 aliphatic heterocycles. The van der Waals surface area contributed by atoms with E-state index < -0.39 is 5.97 Å². The Balaban J connectivity index is 2.14. The molecule has 0 aliphatic carbocycles. The van der Waals surface area contributed by atoms with Gasteiger partial charge in [0.05, 0.1) is 0 Å². The lowest BCUT2D eigenvalue weighted by Gasteiger charge is -1.93. The van der Waals surface area contributed by atoms with Gasteiger partial charge in [0.1, 0.15) is 6.54 Å². The Labute approximate surface area is 78.7 Å². The van der Waals surface area contributed by atoms with Gasteiger partial charge in [0.2, 0.25) is 0 Å². The minimum Gasteiger partial charge on any atom is -0.476 e. The molecule has 1 N–H and O–H groups in total. The molecular formula is C8H7N3O3. The minimum atomic E-state index is -1.10. The van der Waals surface area contributed by atoms with E-state index in [1.165, 1.54) is 6.07 Å². The first-order valence-corrected chi connectivity index (χ1v) is 3.92. The average Bonchev–Trinajstić information content (AvgIpc) is 2.75. The molecule has 6 heteroatoms. The number of nitrogens with zero attached hydrogens (tertiary/aromatic N) is 3. The summed E-state index contributed by atoms with van der Waals surface area (Å²) >= 11 is 0. The van der Waals surface area contributed by atoms with E-state index in [2.05, 4.69) is 10.3 Å². The maximum absolute atomic E-state index is 10.5. The predicted molar refractivity (Wildman–Crippen MR) is 44.8 cm³/mol. The van der Waals surface area contributed by atoms with Crippen molar-refractivity contribution >= 4 is 5.97 Å². The molecule has 0 saturated heterocycles. The molecule has 0 unspecified atom stereocenters. The molecule has 14 heavy (non-hydrogen) atoms. The Morgan fingerprint density at radius 3 is 3.07 bits per heavy atom. The Hall–Kier alpha value is -2.11. The van der Waals surface area contributed by atoms with Crippen LogP contribution in [0.15, 0.2) is 29.0 Å². The van der Waals surface area contributed by atoms with Crippen molar-refractivity contribution in [2.24, 2.45) is 0 Å². The standard InChI is InChI=1S/C8H7N3O3/c12-8(13)7-4-6(14-10-7)5-11-3-1-2-9-11/h1-4H,5H2,(H,12,13). The SMILES string of the molecule is O=C(O)c1cc(Cn2cccn2)on1. The molecule has 0 saturated carbocycles. The van der Waals surface area contributed by atoms with E-state index in [9.17, 15) is 4.79 Å². The molecule has 0 spiro atoms. The number of carboxylic acids is 1. The van der Waals surface area contributed by atoms with Crippen molar-refractivity contribution in [1.29, 1.82) is 0 Å². The van der Waals surface area contributed by atoms with Crippen molar-refractivity contribution in [3.05, 3.63) is 36.0 Å². The zero-order chi connectivity index (χ0) is 9.97. The van der Waals surface area contributed by atoms with E-state index in [1.54, 1.807) is 23.1 Å². The monoisotopic (exact) mass is 193 g/mol. The molecule has 0 aliphatic rings. The lowest BCUT2D eigenvalue weighted by Crippen LogP contribution is -1.98. The molecule has 0 fully saturated rings. The zero-order valence-corrected chi connectivity index (χ0v) is 7.12. The van der Waals surface area contributed by atoms with Crippen LogP contribution in [-0.4, -0.2) is 26.0 Å². The first-order chi connectivity index (χ1) is 6.75. The Bertz CT molecular complexity index is 432. The third-order valence-electron chi connectivity index (χ3n) is 1.66. The summed E-state index contributed by atoms with van der Waals surface area (Å²) in [5, 5.41) is 15.9. The molecule has 0 radical (unpaired) electrons. The van der Waals surface area contributed by atoms with Crippen LogP contribution in [0.2, 0.25) is 0 Å². The molecule has 2 rings (SSSR count). The van der Waals surface area contributed by atoms with E-state index in [-0.39, 0.29) is 5.69 Å². The van der Waals surface area contributed by atoms with Crippen LogP contribution in [0.1, 0.15) is 16.2 Å². The van der Waals surface area contributed by atoms with Crippen molar-refractivity contribution < 1.29 is 14.4 Å². The summed E-state index contributed by atoms with van der Waals surface area (Å²) in [6.45, 7) is 0.382. The van der Waals surface area contributed by atoms with Crippen molar-refractivity contribution in [3.63, 3.8) is 0 Å². The fourth-order valence-corrected chi connectivity index (χ4v) is 1.04. The van der Waals surface area contributed by atoms with Crippen LogP contribution in [0, 0.1) is 0 Å². The highest BCUT2D eigenvalue weighted by atomic mass is 16.5. The topological polar surface area (TPSA) is 81.1 Å². The largest absolute Gasteiger partial charge is 0.476 e. The van der Waals surface area contributed by atoms with Gasteiger partial charge < -0.3 is 9.63 Å². The third kappa shape index (κ3) is 1.63. The van der Waals surface area contributed by atoms with Crippen LogP contribution >= 0.6 is 0 Å². The van der Waals surface area contributed by atoms with Gasteiger partial charge >= 0.3 is 5.97 Å². The number of aromatic nitrogens is 3. The maximum Gasteiger partial charge on any atom is 0.358 e. The van der Waals surface area contributed by atoms with E-state index in [1.807, 2.05) is 0 Å². The molecule has 72 valence electrons. The predicted octanol–water partition coefficient (Wildman–Crippen LogP) is 0.618. The quantitative estimate of drug-likeness (QED) is 0.772. The van der Waals surface area contributed by atoms with Crippen molar-refractivity contribution in [2.45, 2.75) is 6.54 Å². The highest BCUT2D eigenvalue weighted by Gasteiger charge is 2.10. The molecule has 0 amide bonds. The Kier molecular flexibility index (Phi) is 2.02. The summed E-state index contributed by atoms with van der Waals surface area (Å²) in [5.41, 5.74) is -0.0906. The summed E-state index contributed by atoms with van der Waals surface area (Å²) in [5.74, 6) is -0.633. The second-order valence-corrected chi connectivity index (χ2v) is 2.69. The van der Waals surface area contributed by atoms with Crippen molar-refractivity contribution in [2.75, 3.05) is 0 Å². The lowest BCUT2D eigenvalue weighted by molar-refractivity contribution is 0.0685. The maximum atomic E-state index is 10.5. The highest BCUT2D eigenvalue weighted by molar-refractivity contribution is 5.85. The van der Waals surface area contributed by atoms with E-state index in [4.69, 9.17) is 9.63 Å². The number of rotatable bonds is 3. The minimum absolute atomic E-state index is 0.0906. The van der Waals surface area contributed by atoms with E-state index in [0.29, 0.717) is 12.3 Å². The van der Waals surface area contributed by atoms with Crippen molar-refractivity contribution in [1.82, 2.24) is 14.9 Å². The number of hydrogen-bond donors (Lipinski definition) is 1. The average molecular weight is 193 g/mol. The molecule has 2 aromatic rings. The summed E-state index contributed by atoms with van der Waals surface area (Å²) in [4.78, 5) is 10.5. The van der Waals surface area contributed by atoms with Gasteiger partial charge in [0.25, 0.3) is 0 Å². The highest BCUT2D eigenvalue weighted by Crippen LogP contribution is 2.05.